The van der Waals surface area contributed by atoms with Crippen molar-refractivity contribution in [3.63, 3.8) is 0 Å². The third kappa shape index (κ3) is 9.07. The number of aromatic nitrogens is 2. The zero-order valence-electron chi connectivity index (χ0n) is 31.5. The Balaban J connectivity index is 1.11. The Kier molecular flexibility index (Phi) is 12.4. The molecular formula is C44H41Cl2N5O6. The van der Waals surface area contributed by atoms with Crippen molar-refractivity contribution in [2.45, 2.75) is 46.6 Å². The fraction of sp³-hybridized carbons (Fsp3) is 0.273. The first kappa shape index (κ1) is 39.7. The molecule has 57 heavy (non-hydrogen) atoms. The monoisotopic (exact) mass is 805 g/mol. The number of hydrogen-bond acceptors (Lipinski definition) is 10. The largest absolute Gasteiger partial charge is 0.488 e. The number of nitrogens with zero attached hydrogens (tertiary/aromatic N) is 4. The Morgan fingerprint density at radius 1 is 0.947 bits per heavy atom. The number of aliphatic carboxylic acids is 1. The maximum atomic E-state index is 11.5. The third-order valence-electron chi connectivity index (χ3n) is 10.3. The van der Waals surface area contributed by atoms with E-state index in [9.17, 15) is 20.3 Å². The van der Waals surface area contributed by atoms with E-state index in [1.165, 1.54) is 6.20 Å². The molecule has 4 aromatic carbocycles. The standard InChI is InChI=1S/C44H41Cl2N5O6/c1-26-32(25-56-41-17-40(33(16-37(41)45)21-48-10-12-52)55-24-30-13-29(18-47)19-49-20-30)5-3-6-34(26)35-7-4-8-36(27(35)2)43-50-39-15-28(14-38(46)42(39)57-43)22-51-11-9-31(23-51)44(53)54/h3-8,13-17,19-20,31,48,52H,9-12,21-25H2,1-2H3,(H,53,54)/t31-/m1/s1. The topological polar surface area (TPSA) is 154 Å². The summed E-state index contributed by atoms with van der Waals surface area (Å²) >= 11 is 13.5. The zero-order valence-corrected chi connectivity index (χ0v) is 33.0. The molecule has 7 rings (SSSR count). The molecule has 0 unspecified atom stereocenters. The Hall–Kier alpha value is -5.48. The van der Waals surface area contributed by atoms with Crippen LogP contribution in [0.15, 0.2) is 83.5 Å². The number of carboxylic acid groups (broad SMARTS) is 1. The number of nitrogens with one attached hydrogen (secondary N) is 1. The lowest BCUT2D eigenvalue weighted by Gasteiger charge is -2.18. The molecule has 6 aromatic rings. The average molecular weight is 807 g/mol. The Bertz CT molecular complexity index is 2480. The van der Waals surface area contributed by atoms with Crippen LogP contribution in [0.5, 0.6) is 11.5 Å². The zero-order chi connectivity index (χ0) is 40.1. The second kappa shape index (κ2) is 17.8. The molecule has 11 nitrogen and oxygen atoms in total. The van der Waals surface area contributed by atoms with Crippen LogP contribution in [0.1, 0.15) is 45.4 Å². The number of halogens is 2. The Morgan fingerprint density at radius 2 is 1.72 bits per heavy atom. The summed E-state index contributed by atoms with van der Waals surface area (Å²) in [5.41, 5.74) is 9.98. The molecule has 1 saturated heterocycles. The molecule has 1 aliphatic rings. The smallest absolute Gasteiger partial charge is 0.307 e. The molecule has 1 fully saturated rings. The van der Waals surface area contributed by atoms with Crippen LogP contribution in [0.25, 0.3) is 33.7 Å². The van der Waals surface area contributed by atoms with Crippen LogP contribution < -0.4 is 14.8 Å². The second-order valence-corrected chi connectivity index (χ2v) is 14.9. The average Bonchev–Trinajstić information content (AvgIpc) is 3.86. The molecular weight excluding hydrogens is 765 g/mol. The molecule has 292 valence electrons. The van der Waals surface area contributed by atoms with E-state index >= 15 is 0 Å². The summed E-state index contributed by atoms with van der Waals surface area (Å²) in [5, 5.41) is 32.0. The van der Waals surface area contributed by atoms with Gasteiger partial charge in [0.05, 0.1) is 28.1 Å². The van der Waals surface area contributed by atoms with Crippen LogP contribution in [0.3, 0.4) is 0 Å². The number of hydrogen-bond donors (Lipinski definition) is 3. The molecule has 0 aliphatic carbocycles. The Labute approximate surface area is 340 Å². The minimum absolute atomic E-state index is 0.00829. The summed E-state index contributed by atoms with van der Waals surface area (Å²) in [6.07, 6.45) is 3.79. The molecule has 0 radical (unpaired) electrons. The van der Waals surface area contributed by atoms with E-state index in [4.69, 9.17) is 42.1 Å². The summed E-state index contributed by atoms with van der Waals surface area (Å²) < 4.78 is 18.8. The first-order valence-electron chi connectivity index (χ1n) is 18.6. The van der Waals surface area contributed by atoms with Gasteiger partial charge < -0.3 is 29.4 Å². The molecule has 0 spiro atoms. The van der Waals surface area contributed by atoms with E-state index in [-0.39, 0.29) is 25.7 Å². The van der Waals surface area contributed by atoms with Crippen molar-refractivity contribution >= 4 is 40.3 Å². The fourth-order valence-electron chi connectivity index (χ4n) is 7.19. The number of ether oxygens (including phenoxy) is 2. The number of nitriles is 1. The van der Waals surface area contributed by atoms with Gasteiger partial charge in [0.1, 0.15) is 36.3 Å². The number of rotatable bonds is 15. The van der Waals surface area contributed by atoms with Gasteiger partial charge in [-0.25, -0.2) is 4.98 Å². The van der Waals surface area contributed by atoms with Gasteiger partial charge in [-0.3, -0.25) is 14.7 Å². The van der Waals surface area contributed by atoms with Gasteiger partial charge in [0.15, 0.2) is 5.58 Å². The predicted molar refractivity (Wildman–Crippen MR) is 218 cm³/mol. The third-order valence-corrected chi connectivity index (χ3v) is 10.8. The number of pyridine rings is 1. The highest BCUT2D eigenvalue weighted by Gasteiger charge is 2.28. The number of oxazole rings is 1. The SMILES string of the molecule is Cc1c(COc2cc(OCc3cncc(C#N)c3)c(CNCCO)cc2Cl)cccc1-c1cccc(-c2nc3cc(CN4CC[C@@H](C(=O)O)C4)cc(Cl)c3o2)c1C. The number of aliphatic hydroxyl groups is 1. The van der Waals surface area contributed by atoms with Gasteiger partial charge in [-0.05, 0) is 90.5 Å². The fourth-order valence-corrected chi connectivity index (χ4v) is 7.70. The number of benzene rings is 4. The minimum Gasteiger partial charge on any atom is -0.488 e. The number of aliphatic hydroxyl groups excluding tert-OH is 1. The van der Waals surface area contributed by atoms with E-state index in [2.05, 4.69) is 40.3 Å². The molecule has 1 atom stereocenters. The molecule has 2 aromatic heterocycles. The van der Waals surface area contributed by atoms with Crippen molar-refractivity contribution in [1.29, 1.82) is 5.26 Å². The molecule has 1 aliphatic heterocycles. The van der Waals surface area contributed by atoms with Crippen molar-refractivity contribution in [2.75, 3.05) is 26.2 Å². The van der Waals surface area contributed by atoms with Crippen molar-refractivity contribution in [2.24, 2.45) is 5.92 Å². The lowest BCUT2D eigenvalue weighted by Crippen LogP contribution is -2.22. The van der Waals surface area contributed by atoms with Gasteiger partial charge >= 0.3 is 5.97 Å². The van der Waals surface area contributed by atoms with Gasteiger partial charge in [-0.1, -0.05) is 53.5 Å². The first-order valence-corrected chi connectivity index (χ1v) is 19.3. The van der Waals surface area contributed by atoms with Crippen molar-refractivity contribution < 1.29 is 28.9 Å². The molecule has 0 saturated carbocycles. The van der Waals surface area contributed by atoms with Crippen LogP contribution >= 0.6 is 23.2 Å². The number of carbonyl (C=O) groups is 1. The van der Waals surface area contributed by atoms with Crippen LogP contribution in [0.4, 0.5) is 0 Å². The lowest BCUT2D eigenvalue weighted by molar-refractivity contribution is -0.141. The molecule has 3 N–H and O–H groups in total. The maximum Gasteiger partial charge on any atom is 0.307 e. The second-order valence-electron chi connectivity index (χ2n) is 14.1. The quantitative estimate of drug-likeness (QED) is 0.0857. The highest BCUT2D eigenvalue weighted by molar-refractivity contribution is 6.34. The van der Waals surface area contributed by atoms with E-state index < -0.39 is 5.97 Å². The van der Waals surface area contributed by atoms with Crippen LogP contribution in [-0.4, -0.2) is 57.3 Å². The minimum atomic E-state index is -0.758. The predicted octanol–water partition coefficient (Wildman–Crippen LogP) is 8.50. The van der Waals surface area contributed by atoms with Gasteiger partial charge in [0.25, 0.3) is 0 Å². The highest BCUT2D eigenvalue weighted by atomic mass is 35.5. The van der Waals surface area contributed by atoms with Crippen molar-refractivity contribution in [3.05, 3.63) is 128 Å². The summed E-state index contributed by atoms with van der Waals surface area (Å²) in [5.74, 6) is 0.358. The summed E-state index contributed by atoms with van der Waals surface area (Å²) in [6.45, 7) is 7.17. The highest BCUT2D eigenvalue weighted by Crippen LogP contribution is 2.38. The van der Waals surface area contributed by atoms with E-state index in [0.717, 1.165) is 56.6 Å². The summed E-state index contributed by atoms with van der Waals surface area (Å²) in [7, 11) is 0. The first-order chi connectivity index (χ1) is 27.6. The van der Waals surface area contributed by atoms with Gasteiger partial charge in [0, 0.05) is 61.3 Å². The van der Waals surface area contributed by atoms with Gasteiger partial charge in [-0.2, -0.15) is 5.26 Å². The number of likely N-dealkylation sites (tertiary alicyclic amines) is 1. The molecule has 13 heteroatoms. The van der Waals surface area contributed by atoms with Crippen LogP contribution in [0, 0.1) is 31.1 Å². The van der Waals surface area contributed by atoms with Crippen molar-refractivity contribution in [1.82, 2.24) is 20.2 Å². The number of fused-ring (bicyclic) bond motifs is 1. The summed E-state index contributed by atoms with van der Waals surface area (Å²) in [4.78, 5) is 22.6. The normalized spacial score (nSPS) is 14.2. The maximum absolute atomic E-state index is 11.5. The van der Waals surface area contributed by atoms with E-state index in [1.54, 1.807) is 24.4 Å². The summed E-state index contributed by atoms with van der Waals surface area (Å²) in [6, 6.07) is 23.4. The molecule has 3 heterocycles. The van der Waals surface area contributed by atoms with E-state index in [0.29, 0.717) is 76.7 Å². The lowest BCUT2D eigenvalue weighted by atomic mass is 9.91. The molecule has 0 bridgehead atoms. The van der Waals surface area contributed by atoms with Gasteiger partial charge in [0.2, 0.25) is 5.89 Å². The van der Waals surface area contributed by atoms with Crippen LogP contribution in [-0.2, 0) is 31.1 Å². The Morgan fingerprint density at radius 3 is 2.49 bits per heavy atom. The van der Waals surface area contributed by atoms with Crippen molar-refractivity contribution in [3.8, 4) is 40.1 Å². The molecule has 0 amide bonds. The van der Waals surface area contributed by atoms with E-state index in [1.807, 2.05) is 43.3 Å². The van der Waals surface area contributed by atoms with Crippen LogP contribution in [0.2, 0.25) is 10.0 Å². The number of carboxylic acids is 1. The van der Waals surface area contributed by atoms with Gasteiger partial charge in [-0.15, -0.1) is 0 Å².